The van der Waals surface area contributed by atoms with E-state index in [-0.39, 0.29) is 6.10 Å². The first-order valence-corrected chi connectivity index (χ1v) is 6.07. The molecule has 0 aliphatic carbocycles. The van der Waals surface area contributed by atoms with Gasteiger partial charge in [-0.2, -0.15) is 0 Å². The summed E-state index contributed by atoms with van der Waals surface area (Å²) < 4.78 is 10.2. The van der Waals surface area contributed by atoms with E-state index < -0.39 is 5.97 Å². The van der Waals surface area contributed by atoms with Crippen LogP contribution in [-0.4, -0.2) is 42.2 Å². The lowest BCUT2D eigenvalue weighted by Crippen LogP contribution is -2.34. The van der Waals surface area contributed by atoms with E-state index in [4.69, 9.17) is 4.74 Å². The second-order valence-electron chi connectivity index (χ2n) is 4.05. The average molecular weight is 261 g/mol. The van der Waals surface area contributed by atoms with Crippen LogP contribution in [0.5, 0.6) is 5.88 Å². The Morgan fingerprint density at radius 2 is 2.21 bits per heavy atom. The number of hydrogen-bond acceptors (Lipinski definition) is 6. The molecule has 0 spiro atoms. The molecule has 6 heteroatoms. The van der Waals surface area contributed by atoms with Crippen molar-refractivity contribution in [2.45, 2.75) is 18.9 Å². The zero-order valence-corrected chi connectivity index (χ0v) is 10.7. The number of nitrogens with zero attached hydrogens (tertiary/aromatic N) is 2. The molecule has 19 heavy (non-hydrogen) atoms. The van der Waals surface area contributed by atoms with Crippen LogP contribution in [0.2, 0.25) is 0 Å². The van der Waals surface area contributed by atoms with Crippen molar-refractivity contribution in [1.29, 1.82) is 0 Å². The molecule has 1 aromatic rings. The van der Waals surface area contributed by atoms with Gasteiger partial charge in [0.15, 0.2) is 0 Å². The van der Waals surface area contributed by atoms with Gasteiger partial charge in [-0.3, -0.25) is 0 Å². The third kappa shape index (κ3) is 4.23. The Balaban J connectivity index is 2.01. The van der Waals surface area contributed by atoms with Crippen LogP contribution in [0.4, 0.5) is 0 Å². The summed E-state index contributed by atoms with van der Waals surface area (Å²) in [5.74, 6) is 4.80. The summed E-state index contributed by atoms with van der Waals surface area (Å²) in [6.07, 6.45) is 3.44. The zero-order chi connectivity index (χ0) is 13.5. The number of esters is 1. The molecule has 1 aliphatic rings. The minimum atomic E-state index is -0.598. The van der Waals surface area contributed by atoms with Crippen LogP contribution in [0.1, 0.15) is 18.5 Å². The highest BCUT2D eigenvalue weighted by Crippen LogP contribution is 2.13. The van der Waals surface area contributed by atoms with Gasteiger partial charge in [0.25, 0.3) is 0 Å². The summed E-state index contributed by atoms with van der Waals surface area (Å²) in [5.41, 5.74) is 0.435. The quantitative estimate of drug-likeness (QED) is 0.602. The van der Waals surface area contributed by atoms with Gasteiger partial charge >= 0.3 is 5.97 Å². The Bertz CT molecular complexity index is 501. The first-order valence-electron chi connectivity index (χ1n) is 6.07. The second-order valence-corrected chi connectivity index (χ2v) is 4.05. The number of rotatable bonds is 2. The van der Waals surface area contributed by atoms with Gasteiger partial charge in [0.1, 0.15) is 18.1 Å². The molecular weight excluding hydrogens is 246 g/mol. The predicted octanol–water partition coefficient (Wildman–Crippen LogP) is 0.132. The number of aromatic nitrogens is 2. The monoisotopic (exact) mass is 261 g/mol. The molecule has 100 valence electrons. The lowest BCUT2D eigenvalue weighted by molar-refractivity contribution is -0.133. The molecule has 1 aromatic heterocycles. The predicted molar refractivity (Wildman–Crippen MR) is 67.4 cm³/mol. The summed E-state index contributed by atoms with van der Waals surface area (Å²) in [7, 11) is 1.28. The fourth-order valence-electron chi connectivity index (χ4n) is 1.72. The molecule has 0 aromatic carbocycles. The van der Waals surface area contributed by atoms with Crippen LogP contribution < -0.4 is 10.1 Å². The summed E-state index contributed by atoms with van der Waals surface area (Å²) in [6, 6.07) is 1.62. The molecule has 0 amide bonds. The van der Waals surface area contributed by atoms with Crippen molar-refractivity contribution >= 4 is 5.97 Å². The van der Waals surface area contributed by atoms with Crippen molar-refractivity contribution in [1.82, 2.24) is 15.3 Å². The molecule has 1 N–H and O–H groups in total. The van der Waals surface area contributed by atoms with E-state index >= 15 is 0 Å². The fraction of sp³-hybridized carbons (Fsp3) is 0.462. The van der Waals surface area contributed by atoms with Gasteiger partial charge in [-0.05, 0) is 31.9 Å². The summed E-state index contributed by atoms with van der Waals surface area (Å²) >= 11 is 0. The van der Waals surface area contributed by atoms with Crippen LogP contribution in [0.25, 0.3) is 0 Å². The summed E-state index contributed by atoms with van der Waals surface area (Å²) in [6.45, 7) is 1.90. The van der Waals surface area contributed by atoms with Crippen molar-refractivity contribution < 1.29 is 14.3 Å². The van der Waals surface area contributed by atoms with Gasteiger partial charge in [-0.1, -0.05) is 0 Å². The number of piperidine rings is 1. The van der Waals surface area contributed by atoms with Gasteiger partial charge in [0, 0.05) is 12.0 Å². The smallest absolute Gasteiger partial charge is 0.384 e. The Labute approximate surface area is 111 Å². The van der Waals surface area contributed by atoms with Crippen LogP contribution in [0, 0.1) is 11.8 Å². The lowest BCUT2D eigenvalue weighted by atomic mass is 10.1. The van der Waals surface area contributed by atoms with Crippen LogP contribution in [0.15, 0.2) is 12.4 Å². The maximum Gasteiger partial charge on any atom is 0.384 e. The van der Waals surface area contributed by atoms with Gasteiger partial charge in [-0.25, -0.2) is 14.8 Å². The van der Waals surface area contributed by atoms with E-state index in [1.807, 2.05) is 0 Å². The van der Waals surface area contributed by atoms with Gasteiger partial charge in [0.05, 0.1) is 7.11 Å². The van der Waals surface area contributed by atoms with Crippen LogP contribution in [0.3, 0.4) is 0 Å². The molecule has 0 unspecified atom stereocenters. The van der Waals surface area contributed by atoms with E-state index in [0.29, 0.717) is 11.6 Å². The van der Waals surface area contributed by atoms with Gasteiger partial charge in [-0.15, -0.1) is 0 Å². The highest BCUT2D eigenvalue weighted by atomic mass is 16.5. The topological polar surface area (TPSA) is 73.3 Å². The minimum absolute atomic E-state index is 0.164. The van der Waals surface area contributed by atoms with E-state index in [2.05, 4.69) is 31.9 Å². The third-order valence-electron chi connectivity index (χ3n) is 2.69. The first-order chi connectivity index (χ1) is 9.28. The van der Waals surface area contributed by atoms with E-state index in [1.165, 1.54) is 13.4 Å². The lowest BCUT2D eigenvalue weighted by Gasteiger charge is -2.23. The number of nitrogens with one attached hydrogen (secondary N) is 1. The number of methoxy groups -OCH3 is 1. The van der Waals surface area contributed by atoms with Crippen LogP contribution in [-0.2, 0) is 9.53 Å². The average Bonchev–Trinajstić information content (AvgIpc) is 2.46. The normalized spacial score (nSPS) is 15.2. The van der Waals surface area contributed by atoms with Crippen molar-refractivity contribution in [2.75, 3.05) is 20.2 Å². The van der Waals surface area contributed by atoms with E-state index in [0.717, 1.165) is 25.9 Å². The molecule has 0 radical (unpaired) electrons. The first kappa shape index (κ1) is 13.3. The number of carbonyl (C=O) groups excluding carboxylic acids is 1. The minimum Gasteiger partial charge on any atom is -0.474 e. The van der Waals surface area contributed by atoms with Crippen molar-refractivity contribution in [3.63, 3.8) is 0 Å². The second kappa shape index (κ2) is 6.71. The maximum absolute atomic E-state index is 10.9. The van der Waals surface area contributed by atoms with Crippen molar-refractivity contribution in [3.8, 4) is 17.7 Å². The SMILES string of the molecule is COC(=O)C#Cc1cc(OC2CCNCC2)ncn1. The molecule has 2 heterocycles. The molecule has 2 rings (SSSR count). The van der Waals surface area contributed by atoms with Crippen LogP contribution >= 0.6 is 0 Å². The molecule has 1 aliphatic heterocycles. The molecule has 0 bridgehead atoms. The molecule has 6 nitrogen and oxygen atoms in total. The highest BCUT2D eigenvalue weighted by molar-refractivity contribution is 5.88. The number of hydrogen-bond donors (Lipinski definition) is 1. The Hall–Kier alpha value is -2.13. The Morgan fingerprint density at radius 1 is 1.42 bits per heavy atom. The largest absolute Gasteiger partial charge is 0.474 e. The molecule has 1 fully saturated rings. The Morgan fingerprint density at radius 3 is 2.95 bits per heavy atom. The molecule has 1 saturated heterocycles. The standard InChI is InChI=1S/C13H15N3O3/c1-18-13(17)3-2-10-8-12(16-9-15-10)19-11-4-6-14-7-5-11/h8-9,11,14H,4-7H2,1H3. The van der Waals surface area contributed by atoms with Crippen molar-refractivity contribution in [2.24, 2.45) is 0 Å². The number of ether oxygens (including phenoxy) is 2. The maximum atomic E-state index is 10.9. The van der Waals surface area contributed by atoms with E-state index in [9.17, 15) is 4.79 Å². The molecule has 0 atom stereocenters. The third-order valence-corrected chi connectivity index (χ3v) is 2.69. The molecule has 0 saturated carbocycles. The van der Waals surface area contributed by atoms with Gasteiger partial charge < -0.3 is 14.8 Å². The zero-order valence-electron chi connectivity index (χ0n) is 10.7. The summed E-state index contributed by atoms with van der Waals surface area (Å²) in [4.78, 5) is 18.9. The molecular formula is C13H15N3O3. The van der Waals surface area contributed by atoms with Gasteiger partial charge in [0.2, 0.25) is 5.88 Å². The Kier molecular flexibility index (Phi) is 4.70. The fourth-order valence-corrected chi connectivity index (χ4v) is 1.72. The summed E-state index contributed by atoms with van der Waals surface area (Å²) in [5, 5.41) is 3.26. The highest BCUT2D eigenvalue weighted by Gasteiger charge is 2.15. The number of carbonyl (C=O) groups is 1. The van der Waals surface area contributed by atoms with Crippen molar-refractivity contribution in [3.05, 3.63) is 18.1 Å². The van der Waals surface area contributed by atoms with E-state index in [1.54, 1.807) is 6.07 Å².